The van der Waals surface area contributed by atoms with E-state index in [0.29, 0.717) is 0 Å². The van der Waals surface area contributed by atoms with Gasteiger partial charge in [-0.15, -0.1) is 5.10 Å². The molecule has 1 aromatic carbocycles. The van der Waals surface area contributed by atoms with Gasteiger partial charge >= 0.3 is 0 Å². The largest absolute Gasteiger partial charge is 0.367 e. The summed E-state index contributed by atoms with van der Waals surface area (Å²) in [5, 5.41) is 11.7. The highest BCUT2D eigenvalue weighted by Crippen LogP contribution is 2.24. The van der Waals surface area contributed by atoms with E-state index in [1.807, 2.05) is 0 Å². The summed E-state index contributed by atoms with van der Waals surface area (Å²) < 4.78 is 0. The van der Waals surface area contributed by atoms with Gasteiger partial charge in [0.25, 0.3) is 0 Å². The number of anilines is 2. The van der Waals surface area contributed by atoms with Crippen LogP contribution in [-0.2, 0) is 6.42 Å². The van der Waals surface area contributed by atoms with Crippen molar-refractivity contribution in [2.45, 2.75) is 19.3 Å². The minimum atomic E-state index is 0.744. The number of hydrogen-bond donors (Lipinski definition) is 1. The maximum Gasteiger partial charge on any atom is 0.247 e. The van der Waals surface area contributed by atoms with Gasteiger partial charge in [-0.2, -0.15) is 10.1 Å². The van der Waals surface area contributed by atoms with Gasteiger partial charge in [-0.25, -0.2) is 0 Å². The van der Waals surface area contributed by atoms with Crippen molar-refractivity contribution in [1.82, 2.24) is 20.1 Å². The highest BCUT2D eigenvalue weighted by atomic mass is 15.3. The lowest BCUT2D eigenvalue weighted by Gasteiger charge is -2.31. The molecule has 0 atom stereocenters. The normalized spacial score (nSPS) is 15.6. The molecule has 0 amide bonds. The van der Waals surface area contributed by atoms with E-state index in [9.17, 15) is 0 Å². The number of benzene rings is 1. The van der Waals surface area contributed by atoms with Crippen molar-refractivity contribution in [2.24, 2.45) is 5.92 Å². The first-order valence-electron chi connectivity index (χ1n) is 9.08. The Morgan fingerprint density at radius 2 is 1.92 bits per heavy atom. The van der Waals surface area contributed by atoms with E-state index < -0.39 is 0 Å². The fraction of sp³-hybridized carbons (Fsp3) is 0.526. The van der Waals surface area contributed by atoms with Crippen molar-refractivity contribution in [2.75, 3.05) is 50.5 Å². The molecular weight excluding hydrogens is 312 g/mol. The summed E-state index contributed by atoms with van der Waals surface area (Å²) in [6.45, 7) is 3.81. The second-order valence-electron chi connectivity index (χ2n) is 6.99. The molecule has 6 heteroatoms. The molecule has 2 heterocycles. The van der Waals surface area contributed by atoms with Gasteiger partial charge in [0.1, 0.15) is 0 Å². The molecule has 1 fully saturated rings. The maximum atomic E-state index is 4.62. The molecule has 0 unspecified atom stereocenters. The quantitative estimate of drug-likeness (QED) is 0.835. The molecule has 0 bridgehead atoms. The summed E-state index contributed by atoms with van der Waals surface area (Å²) in [6.07, 6.45) is 5.22. The number of nitrogens with one attached hydrogen (secondary N) is 1. The summed E-state index contributed by atoms with van der Waals surface area (Å²) in [5.74, 6) is 2.29. The van der Waals surface area contributed by atoms with Crippen molar-refractivity contribution in [3.8, 4) is 0 Å². The van der Waals surface area contributed by atoms with Gasteiger partial charge in [-0.05, 0) is 44.8 Å². The number of rotatable bonds is 7. The van der Waals surface area contributed by atoms with Crippen LogP contribution in [0.2, 0.25) is 0 Å². The Bertz CT molecular complexity index is 637. The molecular formula is C19H28N6. The van der Waals surface area contributed by atoms with Crippen LogP contribution < -0.4 is 10.2 Å². The van der Waals surface area contributed by atoms with Gasteiger partial charge < -0.3 is 15.1 Å². The molecule has 0 spiro atoms. The van der Waals surface area contributed by atoms with Crippen LogP contribution in [-0.4, -0.2) is 60.4 Å². The van der Waals surface area contributed by atoms with Gasteiger partial charge in [-0.3, -0.25) is 0 Å². The van der Waals surface area contributed by atoms with Gasteiger partial charge in [0.05, 0.1) is 6.20 Å². The highest BCUT2D eigenvalue weighted by Gasteiger charge is 2.21. The average Bonchev–Trinajstić information content (AvgIpc) is 2.63. The third-order valence-corrected chi connectivity index (χ3v) is 4.68. The highest BCUT2D eigenvalue weighted by molar-refractivity contribution is 5.39. The Morgan fingerprint density at radius 1 is 1.16 bits per heavy atom. The summed E-state index contributed by atoms with van der Waals surface area (Å²) in [4.78, 5) is 9.02. The third-order valence-electron chi connectivity index (χ3n) is 4.68. The van der Waals surface area contributed by atoms with Crippen LogP contribution in [0.5, 0.6) is 0 Å². The van der Waals surface area contributed by atoms with Gasteiger partial charge in [0.15, 0.2) is 5.82 Å². The molecule has 0 saturated carbocycles. The lowest BCUT2D eigenvalue weighted by Crippen LogP contribution is -2.35. The summed E-state index contributed by atoms with van der Waals surface area (Å²) in [6, 6.07) is 10.8. The van der Waals surface area contributed by atoms with Crippen molar-refractivity contribution in [3.63, 3.8) is 0 Å². The van der Waals surface area contributed by atoms with Crippen LogP contribution in [0.4, 0.5) is 11.8 Å². The second-order valence-corrected chi connectivity index (χ2v) is 6.99. The average molecular weight is 340 g/mol. The van der Waals surface area contributed by atoms with E-state index >= 15 is 0 Å². The number of nitrogens with zero attached hydrogens (tertiary/aromatic N) is 5. The second kappa shape index (κ2) is 8.76. The van der Waals surface area contributed by atoms with Crippen LogP contribution in [0.1, 0.15) is 18.4 Å². The lowest BCUT2D eigenvalue weighted by atomic mass is 9.90. The lowest BCUT2D eigenvalue weighted by molar-refractivity contribution is 0.400. The van der Waals surface area contributed by atoms with Crippen LogP contribution >= 0.6 is 0 Å². The Morgan fingerprint density at radius 3 is 2.64 bits per heavy atom. The monoisotopic (exact) mass is 340 g/mol. The zero-order valence-electron chi connectivity index (χ0n) is 15.2. The molecule has 134 valence electrons. The Balaban J connectivity index is 1.50. The number of piperidine rings is 1. The van der Waals surface area contributed by atoms with E-state index in [1.54, 1.807) is 6.20 Å². The first-order chi connectivity index (χ1) is 12.2. The molecule has 2 aromatic rings. The van der Waals surface area contributed by atoms with Gasteiger partial charge in [0.2, 0.25) is 5.95 Å². The summed E-state index contributed by atoms with van der Waals surface area (Å²) in [7, 11) is 4.12. The Hall–Kier alpha value is -2.21. The number of likely N-dealkylation sites (N-methyl/N-ethyl adjacent to an activating group) is 1. The fourth-order valence-electron chi connectivity index (χ4n) is 3.21. The van der Waals surface area contributed by atoms with Crippen molar-refractivity contribution in [3.05, 3.63) is 42.1 Å². The molecule has 3 rings (SSSR count). The van der Waals surface area contributed by atoms with E-state index in [-0.39, 0.29) is 0 Å². The van der Waals surface area contributed by atoms with Crippen molar-refractivity contribution in [1.29, 1.82) is 0 Å². The van der Waals surface area contributed by atoms with E-state index in [4.69, 9.17) is 0 Å². The van der Waals surface area contributed by atoms with E-state index in [1.165, 1.54) is 24.8 Å². The molecule has 1 aliphatic rings. The first kappa shape index (κ1) is 17.6. The summed E-state index contributed by atoms with van der Waals surface area (Å²) in [5.41, 5.74) is 1.44. The third kappa shape index (κ3) is 5.39. The molecule has 0 aliphatic carbocycles. The van der Waals surface area contributed by atoms with Gasteiger partial charge in [-0.1, -0.05) is 30.3 Å². The molecule has 1 N–H and O–H groups in total. The minimum absolute atomic E-state index is 0.744. The molecule has 25 heavy (non-hydrogen) atoms. The van der Waals surface area contributed by atoms with Crippen LogP contribution in [0, 0.1) is 5.92 Å². The molecule has 1 saturated heterocycles. The van der Waals surface area contributed by atoms with E-state index in [2.05, 4.69) is 74.7 Å². The Labute approximate surface area is 150 Å². The zero-order valence-corrected chi connectivity index (χ0v) is 15.2. The van der Waals surface area contributed by atoms with Crippen LogP contribution in [0.15, 0.2) is 36.5 Å². The van der Waals surface area contributed by atoms with E-state index in [0.717, 1.165) is 43.9 Å². The zero-order chi connectivity index (χ0) is 17.5. The van der Waals surface area contributed by atoms with Crippen LogP contribution in [0.25, 0.3) is 0 Å². The number of hydrogen-bond acceptors (Lipinski definition) is 6. The SMILES string of the molecule is CN(C)CCNc1cnnc(N2CCC(Cc3ccccc3)CC2)n1. The van der Waals surface area contributed by atoms with Crippen LogP contribution in [0.3, 0.4) is 0 Å². The van der Waals surface area contributed by atoms with Crippen molar-refractivity contribution >= 4 is 11.8 Å². The maximum absolute atomic E-state index is 4.62. The van der Waals surface area contributed by atoms with Gasteiger partial charge in [0, 0.05) is 26.2 Å². The smallest absolute Gasteiger partial charge is 0.247 e. The number of aromatic nitrogens is 3. The standard InChI is InChI=1S/C19H28N6/c1-24(2)13-10-20-18-15-21-23-19(22-18)25-11-8-17(9-12-25)14-16-6-4-3-5-7-16/h3-7,15,17H,8-14H2,1-2H3,(H,20,22,23). The predicted octanol–water partition coefficient (Wildman–Crippen LogP) is 2.30. The summed E-state index contributed by atoms with van der Waals surface area (Å²) >= 11 is 0. The molecule has 1 aliphatic heterocycles. The molecule has 1 aromatic heterocycles. The topological polar surface area (TPSA) is 57.2 Å². The van der Waals surface area contributed by atoms with Crippen molar-refractivity contribution < 1.29 is 0 Å². The molecule has 0 radical (unpaired) electrons. The minimum Gasteiger partial charge on any atom is -0.367 e. The fourth-order valence-corrected chi connectivity index (χ4v) is 3.21. The Kier molecular flexibility index (Phi) is 6.17. The molecule has 6 nitrogen and oxygen atoms in total. The first-order valence-corrected chi connectivity index (χ1v) is 9.08. The predicted molar refractivity (Wildman–Crippen MR) is 102 cm³/mol.